The SMILES string of the molecule is NCc1cccc(NC(=O)C(=C=O)c2ccccc2)c1. The molecule has 4 heteroatoms. The fraction of sp³-hybridized carbons (Fsp3) is 0.0625. The van der Waals surface area contributed by atoms with Crippen LogP contribution in [0.15, 0.2) is 54.6 Å². The lowest BCUT2D eigenvalue weighted by Crippen LogP contribution is -2.14. The van der Waals surface area contributed by atoms with Gasteiger partial charge in [-0.25, -0.2) is 4.79 Å². The van der Waals surface area contributed by atoms with Crippen LogP contribution in [-0.2, 0) is 16.1 Å². The van der Waals surface area contributed by atoms with Crippen molar-refractivity contribution in [3.05, 3.63) is 65.7 Å². The number of benzene rings is 2. The molecule has 0 radical (unpaired) electrons. The molecule has 0 atom stereocenters. The van der Waals surface area contributed by atoms with Gasteiger partial charge in [-0.15, -0.1) is 0 Å². The molecule has 4 nitrogen and oxygen atoms in total. The van der Waals surface area contributed by atoms with Crippen LogP contribution >= 0.6 is 0 Å². The fourth-order valence-corrected chi connectivity index (χ4v) is 1.81. The molecule has 2 rings (SSSR count). The van der Waals surface area contributed by atoms with Crippen LogP contribution in [0.1, 0.15) is 11.1 Å². The Labute approximate surface area is 116 Å². The zero-order valence-electron chi connectivity index (χ0n) is 10.8. The highest BCUT2D eigenvalue weighted by Crippen LogP contribution is 2.15. The lowest BCUT2D eigenvalue weighted by molar-refractivity contribution is -0.111. The van der Waals surface area contributed by atoms with E-state index in [1.54, 1.807) is 48.4 Å². The lowest BCUT2D eigenvalue weighted by Gasteiger charge is -2.07. The number of amides is 1. The summed E-state index contributed by atoms with van der Waals surface area (Å²) < 4.78 is 0. The van der Waals surface area contributed by atoms with Crippen LogP contribution in [0.4, 0.5) is 5.69 Å². The molecular formula is C16H14N2O2. The zero-order valence-corrected chi connectivity index (χ0v) is 10.8. The van der Waals surface area contributed by atoms with Gasteiger partial charge < -0.3 is 11.1 Å². The standard InChI is InChI=1S/C16H14N2O2/c17-10-12-5-4-8-14(9-12)18-16(20)15(11-19)13-6-2-1-3-7-13/h1-9H,10,17H2,(H,18,20). The van der Waals surface area contributed by atoms with Gasteiger partial charge in [-0.05, 0) is 23.3 Å². The number of hydrogen-bond donors (Lipinski definition) is 2. The van der Waals surface area contributed by atoms with Crippen LogP contribution in [0.25, 0.3) is 5.57 Å². The minimum Gasteiger partial charge on any atom is -0.326 e. The molecule has 0 aliphatic heterocycles. The molecule has 1 amide bonds. The summed E-state index contributed by atoms with van der Waals surface area (Å²) in [5.41, 5.74) is 7.56. The van der Waals surface area contributed by atoms with E-state index in [0.29, 0.717) is 17.8 Å². The molecule has 2 aromatic carbocycles. The Morgan fingerprint density at radius 1 is 1.10 bits per heavy atom. The van der Waals surface area contributed by atoms with Crippen LogP contribution in [-0.4, -0.2) is 11.8 Å². The second kappa shape index (κ2) is 6.48. The zero-order chi connectivity index (χ0) is 14.4. The number of nitrogens with two attached hydrogens (primary N) is 1. The van der Waals surface area contributed by atoms with Gasteiger partial charge in [0.05, 0.1) is 0 Å². The number of carbonyl (C=O) groups excluding carboxylic acids is 2. The van der Waals surface area contributed by atoms with Gasteiger partial charge in [-0.1, -0.05) is 42.5 Å². The predicted molar refractivity (Wildman–Crippen MR) is 78.5 cm³/mol. The molecule has 2 aromatic rings. The number of rotatable bonds is 4. The van der Waals surface area contributed by atoms with Gasteiger partial charge in [-0.3, -0.25) is 4.79 Å². The van der Waals surface area contributed by atoms with Gasteiger partial charge in [0.2, 0.25) is 0 Å². The first-order valence-electron chi connectivity index (χ1n) is 6.15. The lowest BCUT2D eigenvalue weighted by atomic mass is 10.1. The molecule has 0 unspecified atom stereocenters. The largest absolute Gasteiger partial charge is 0.326 e. The van der Waals surface area contributed by atoms with Crippen molar-refractivity contribution in [3.63, 3.8) is 0 Å². The van der Waals surface area contributed by atoms with E-state index in [1.165, 1.54) is 0 Å². The third-order valence-corrected chi connectivity index (χ3v) is 2.81. The van der Waals surface area contributed by atoms with Gasteiger partial charge in [0, 0.05) is 12.2 Å². The van der Waals surface area contributed by atoms with E-state index in [0.717, 1.165) is 5.56 Å². The molecule has 3 N–H and O–H groups in total. The van der Waals surface area contributed by atoms with Crippen molar-refractivity contribution in [3.8, 4) is 0 Å². The molecule has 0 aromatic heterocycles. The van der Waals surface area contributed by atoms with E-state index in [4.69, 9.17) is 5.73 Å². The maximum atomic E-state index is 12.1. The van der Waals surface area contributed by atoms with Gasteiger partial charge in [0.1, 0.15) is 11.5 Å². The van der Waals surface area contributed by atoms with Crippen molar-refractivity contribution in [2.75, 3.05) is 5.32 Å². The average Bonchev–Trinajstić information content (AvgIpc) is 2.49. The van der Waals surface area contributed by atoms with Crippen molar-refractivity contribution < 1.29 is 9.59 Å². The predicted octanol–water partition coefficient (Wildman–Crippen LogP) is 2.00. The first kappa shape index (κ1) is 13.7. The van der Waals surface area contributed by atoms with E-state index in [1.807, 2.05) is 12.1 Å². The van der Waals surface area contributed by atoms with Crippen molar-refractivity contribution in [2.45, 2.75) is 6.54 Å². The Balaban J connectivity index is 2.20. The number of hydrogen-bond acceptors (Lipinski definition) is 3. The van der Waals surface area contributed by atoms with E-state index < -0.39 is 5.91 Å². The van der Waals surface area contributed by atoms with E-state index in [2.05, 4.69) is 5.32 Å². The summed E-state index contributed by atoms with van der Waals surface area (Å²) in [5, 5.41) is 2.67. The molecular weight excluding hydrogens is 252 g/mol. The summed E-state index contributed by atoms with van der Waals surface area (Å²) >= 11 is 0. The van der Waals surface area contributed by atoms with E-state index >= 15 is 0 Å². The second-order valence-corrected chi connectivity index (χ2v) is 4.20. The molecule has 0 saturated heterocycles. The minimum atomic E-state index is -0.486. The molecule has 20 heavy (non-hydrogen) atoms. The molecule has 0 saturated carbocycles. The van der Waals surface area contributed by atoms with Crippen molar-refractivity contribution in [2.24, 2.45) is 5.73 Å². The second-order valence-electron chi connectivity index (χ2n) is 4.20. The molecule has 0 fully saturated rings. The summed E-state index contributed by atoms with van der Waals surface area (Å²) in [6.07, 6.45) is 0. The van der Waals surface area contributed by atoms with E-state index in [9.17, 15) is 9.59 Å². The Morgan fingerprint density at radius 3 is 2.50 bits per heavy atom. The molecule has 0 heterocycles. The Morgan fingerprint density at radius 2 is 1.85 bits per heavy atom. The highest BCUT2D eigenvalue weighted by molar-refractivity contribution is 6.32. The highest BCUT2D eigenvalue weighted by atomic mass is 16.2. The topological polar surface area (TPSA) is 72.2 Å². The monoisotopic (exact) mass is 266 g/mol. The van der Waals surface area contributed by atoms with Gasteiger partial charge in [0.15, 0.2) is 0 Å². The van der Waals surface area contributed by atoms with Gasteiger partial charge in [0.25, 0.3) is 5.91 Å². The highest BCUT2D eigenvalue weighted by Gasteiger charge is 2.13. The summed E-state index contributed by atoms with van der Waals surface area (Å²) in [6, 6.07) is 15.9. The fourth-order valence-electron chi connectivity index (χ4n) is 1.81. The summed E-state index contributed by atoms with van der Waals surface area (Å²) in [6.45, 7) is 0.388. The molecule has 0 bridgehead atoms. The number of carbonyl (C=O) groups is 1. The number of anilines is 1. The molecule has 0 aliphatic rings. The van der Waals surface area contributed by atoms with Crippen LogP contribution in [0.5, 0.6) is 0 Å². The minimum absolute atomic E-state index is 0.0243. The van der Waals surface area contributed by atoms with Crippen molar-refractivity contribution >= 4 is 23.1 Å². The van der Waals surface area contributed by atoms with Crippen LogP contribution in [0, 0.1) is 0 Å². The quantitative estimate of drug-likeness (QED) is 0.656. The third kappa shape index (κ3) is 3.20. The smallest absolute Gasteiger partial charge is 0.267 e. The summed E-state index contributed by atoms with van der Waals surface area (Å²) in [4.78, 5) is 23.1. The maximum Gasteiger partial charge on any atom is 0.267 e. The third-order valence-electron chi connectivity index (χ3n) is 2.81. The number of nitrogens with one attached hydrogen (secondary N) is 1. The first-order valence-corrected chi connectivity index (χ1v) is 6.15. The van der Waals surface area contributed by atoms with Crippen molar-refractivity contribution in [1.29, 1.82) is 0 Å². The van der Waals surface area contributed by atoms with Gasteiger partial charge in [-0.2, -0.15) is 0 Å². The normalized spacial score (nSPS) is 9.65. The van der Waals surface area contributed by atoms with E-state index in [-0.39, 0.29) is 5.57 Å². The van der Waals surface area contributed by atoms with Crippen LogP contribution < -0.4 is 11.1 Å². The Kier molecular flexibility index (Phi) is 4.45. The molecule has 0 aliphatic carbocycles. The first-order chi connectivity index (χ1) is 9.74. The maximum absolute atomic E-state index is 12.1. The van der Waals surface area contributed by atoms with Gasteiger partial charge >= 0.3 is 0 Å². The molecule has 0 spiro atoms. The van der Waals surface area contributed by atoms with Crippen LogP contribution in [0.2, 0.25) is 0 Å². The van der Waals surface area contributed by atoms with Crippen LogP contribution in [0.3, 0.4) is 0 Å². The average molecular weight is 266 g/mol. The van der Waals surface area contributed by atoms with Crippen molar-refractivity contribution in [1.82, 2.24) is 0 Å². The Hall–Kier alpha value is -2.68. The summed E-state index contributed by atoms with van der Waals surface area (Å²) in [5.74, 6) is 1.21. The summed E-state index contributed by atoms with van der Waals surface area (Å²) in [7, 11) is 0. The Bertz CT molecular complexity index is 659. The molecule has 100 valence electrons.